The Hall–Kier alpha value is -2.48. The highest BCUT2D eigenvalue weighted by Gasteiger charge is 2.21. The zero-order valence-corrected chi connectivity index (χ0v) is 11.9. The molecule has 1 amide bonds. The molecular formula is C13H8BrFN2O4. The van der Waals surface area contributed by atoms with Gasteiger partial charge in [-0.15, -0.1) is 0 Å². The third kappa shape index (κ3) is 3.16. The van der Waals surface area contributed by atoms with Crippen LogP contribution < -0.4 is 5.32 Å². The molecule has 0 saturated heterocycles. The van der Waals surface area contributed by atoms with Gasteiger partial charge in [0, 0.05) is 10.5 Å². The molecule has 108 valence electrons. The van der Waals surface area contributed by atoms with Gasteiger partial charge in [-0.25, -0.2) is 4.39 Å². The maximum Gasteiger partial charge on any atom is 0.311 e. The van der Waals surface area contributed by atoms with Crippen molar-refractivity contribution in [3.8, 4) is 5.75 Å². The first kappa shape index (κ1) is 14.9. The molecule has 2 N–H and O–H groups in total. The van der Waals surface area contributed by atoms with Gasteiger partial charge in [-0.2, -0.15) is 0 Å². The van der Waals surface area contributed by atoms with Crippen LogP contribution in [0.1, 0.15) is 10.4 Å². The largest absolute Gasteiger partial charge is 0.502 e. The molecule has 0 atom stereocenters. The fraction of sp³-hybridized carbons (Fsp3) is 0. The highest BCUT2D eigenvalue weighted by atomic mass is 79.9. The van der Waals surface area contributed by atoms with Crippen molar-refractivity contribution in [2.24, 2.45) is 0 Å². The van der Waals surface area contributed by atoms with Gasteiger partial charge in [0.15, 0.2) is 0 Å². The smallest absolute Gasteiger partial charge is 0.311 e. The van der Waals surface area contributed by atoms with Crippen LogP contribution in [0.4, 0.5) is 15.8 Å². The second kappa shape index (κ2) is 5.88. The number of aromatic hydroxyl groups is 1. The summed E-state index contributed by atoms with van der Waals surface area (Å²) in [4.78, 5) is 21.9. The Kier molecular flexibility index (Phi) is 4.18. The quantitative estimate of drug-likeness (QED) is 0.652. The lowest BCUT2D eigenvalue weighted by Crippen LogP contribution is -2.13. The Morgan fingerprint density at radius 3 is 2.67 bits per heavy atom. The van der Waals surface area contributed by atoms with Crippen LogP contribution in [0, 0.1) is 15.9 Å². The van der Waals surface area contributed by atoms with Crippen LogP contribution in [0.5, 0.6) is 5.75 Å². The van der Waals surface area contributed by atoms with E-state index in [0.717, 1.165) is 12.1 Å². The van der Waals surface area contributed by atoms with Crippen molar-refractivity contribution in [2.45, 2.75) is 0 Å². The van der Waals surface area contributed by atoms with E-state index in [-0.39, 0.29) is 11.3 Å². The topological polar surface area (TPSA) is 92.5 Å². The zero-order chi connectivity index (χ0) is 15.6. The number of amides is 1. The molecule has 0 aliphatic heterocycles. The number of carbonyl (C=O) groups excluding carboxylic acids is 1. The van der Waals surface area contributed by atoms with Gasteiger partial charge < -0.3 is 10.4 Å². The number of halogens is 2. The fourth-order valence-corrected chi connectivity index (χ4v) is 1.98. The lowest BCUT2D eigenvalue weighted by Gasteiger charge is -2.08. The molecule has 6 nitrogen and oxygen atoms in total. The average molecular weight is 355 g/mol. The number of hydrogen-bond acceptors (Lipinski definition) is 4. The standard InChI is InChI=1S/C13H8BrFN2O4/c14-7-4-5-10(9(15)6-7)16-13(19)8-2-1-3-11(12(8)18)17(20)21/h1-6,18H,(H,16,19). The SMILES string of the molecule is O=C(Nc1ccc(Br)cc1F)c1cccc([N+](=O)[O-])c1O. The van der Waals surface area contributed by atoms with E-state index in [1.54, 1.807) is 0 Å². The maximum absolute atomic E-state index is 13.6. The zero-order valence-electron chi connectivity index (χ0n) is 10.3. The molecule has 0 fully saturated rings. The number of carbonyl (C=O) groups is 1. The Bertz CT molecular complexity index is 736. The molecule has 0 heterocycles. The third-order valence-corrected chi connectivity index (χ3v) is 3.13. The van der Waals surface area contributed by atoms with Crippen LogP contribution in [0.2, 0.25) is 0 Å². The highest BCUT2D eigenvalue weighted by Crippen LogP contribution is 2.30. The number of nitrogens with one attached hydrogen (secondary N) is 1. The molecule has 0 radical (unpaired) electrons. The first-order valence-corrected chi connectivity index (χ1v) is 6.42. The van der Waals surface area contributed by atoms with E-state index in [1.165, 1.54) is 24.3 Å². The van der Waals surface area contributed by atoms with Crippen molar-refractivity contribution < 1.29 is 19.2 Å². The minimum absolute atomic E-state index is 0.103. The van der Waals surface area contributed by atoms with Crippen molar-refractivity contribution in [1.29, 1.82) is 0 Å². The van der Waals surface area contributed by atoms with Gasteiger partial charge in [0.25, 0.3) is 5.91 Å². The van der Waals surface area contributed by atoms with Crippen LogP contribution in [0.25, 0.3) is 0 Å². The summed E-state index contributed by atoms with van der Waals surface area (Å²) in [6.07, 6.45) is 0. The number of rotatable bonds is 3. The van der Waals surface area contributed by atoms with Crippen LogP contribution >= 0.6 is 15.9 Å². The van der Waals surface area contributed by atoms with Crippen molar-refractivity contribution >= 4 is 33.2 Å². The summed E-state index contributed by atoms with van der Waals surface area (Å²) in [5, 5.41) is 22.7. The summed E-state index contributed by atoms with van der Waals surface area (Å²) in [5.41, 5.74) is -1.01. The molecule has 21 heavy (non-hydrogen) atoms. The number of nitro benzene ring substituents is 1. The normalized spacial score (nSPS) is 10.2. The van der Waals surface area contributed by atoms with Gasteiger partial charge >= 0.3 is 5.69 Å². The van der Waals surface area contributed by atoms with Gasteiger partial charge in [0.05, 0.1) is 16.2 Å². The molecule has 0 bridgehead atoms. The molecule has 8 heteroatoms. The molecule has 0 saturated carbocycles. The molecule has 2 aromatic rings. The summed E-state index contributed by atoms with van der Waals surface area (Å²) in [7, 11) is 0. The van der Waals surface area contributed by atoms with Crippen LogP contribution in [-0.4, -0.2) is 15.9 Å². The molecule has 0 aliphatic rings. The molecule has 2 aromatic carbocycles. The minimum atomic E-state index is -0.850. The van der Waals surface area contributed by atoms with Crippen molar-refractivity contribution in [1.82, 2.24) is 0 Å². The lowest BCUT2D eigenvalue weighted by atomic mass is 10.1. The van der Waals surface area contributed by atoms with Crippen molar-refractivity contribution in [3.05, 3.63) is 62.4 Å². The molecule has 0 spiro atoms. The summed E-state index contributed by atoms with van der Waals surface area (Å²) in [5.74, 6) is -2.29. The van der Waals surface area contributed by atoms with Gasteiger partial charge in [0.2, 0.25) is 5.75 Å². The molecular weight excluding hydrogens is 347 g/mol. The predicted octanol–water partition coefficient (Wildman–Crippen LogP) is 3.45. The van der Waals surface area contributed by atoms with Crippen LogP contribution in [-0.2, 0) is 0 Å². The second-order valence-electron chi connectivity index (χ2n) is 4.01. The maximum atomic E-state index is 13.6. The fourth-order valence-electron chi connectivity index (χ4n) is 1.64. The Labute approximate surface area is 126 Å². The van der Waals surface area contributed by atoms with Gasteiger partial charge in [0.1, 0.15) is 5.82 Å². The first-order chi connectivity index (χ1) is 9.90. The van der Waals surface area contributed by atoms with E-state index in [4.69, 9.17) is 0 Å². The summed E-state index contributed by atoms with van der Waals surface area (Å²) in [6.45, 7) is 0. The van der Waals surface area contributed by atoms with E-state index in [1.807, 2.05) is 0 Å². The average Bonchev–Trinajstić information content (AvgIpc) is 2.41. The van der Waals surface area contributed by atoms with E-state index in [0.29, 0.717) is 4.47 Å². The van der Waals surface area contributed by atoms with E-state index in [2.05, 4.69) is 21.2 Å². The van der Waals surface area contributed by atoms with Crippen molar-refractivity contribution in [3.63, 3.8) is 0 Å². The first-order valence-electron chi connectivity index (χ1n) is 5.63. The van der Waals surface area contributed by atoms with Gasteiger partial charge in [-0.3, -0.25) is 14.9 Å². The molecule has 0 aromatic heterocycles. The number of nitro groups is 1. The summed E-state index contributed by atoms with van der Waals surface area (Å²) >= 11 is 3.08. The summed E-state index contributed by atoms with van der Waals surface area (Å²) in [6, 6.07) is 7.52. The number of phenols is 1. The summed E-state index contributed by atoms with van der Waals surface area (Å²) < 4.78 is 14.1. The Balaban J connectivity index is 2.33. The number of benzene rings is 2. The highest BCUT2D eigenvalue weighted by molar-refractivity contribution is 9.10. The van der Waals surface area contributed by atoms with Crippen LogP contribution in [0.15, 0.2) is 40.9 Å². The molecule has 0 unspecified atom stereocenters. The minimum Gasteiger partial charge on any atom is -0.502 e. The van der Waals surface area contributed by atoms with E-state index < -0.39 is 28.1 Å². The number of para-hydroxylation sites is 1. The lowest BCUT2D eigenvalue weighted by molar-refractivity contribution is -0.385. The van der Waals surface area contributed by atoms with Crippen LogP contribution in [0.3, 0.4) is 0 Å². The van der Waals surface area contributed by atoms with E-state index in [9.17, 15) is 24.4 Å². The van der Waals surface area contributed by atoms with Gasteiger partial charge in [-0.1, -0.05) is 22.0 Å². The monoisotopic (exact) mass is 354 g/mol. The molecule has 2 rings (SSSR count). The van der Waals surface area contributed by atoms with Crippen molar-refractivity contribution in [2.75, 3.05) is 5.32 Å². The van der Waals surface area contributed by atoms with E-state index >= 15 is 0 Å². The van der Waals surface area contributed by atoms with Gasteiger partial charge in [-0.05, 0) is 24.3 Å². The number of hydrogen-bond donors (Lipinski definition) is 2. The Morgan fingerprint density at radius 2 is 2.05 bits per heavy atom. The number of nitrogens with zero attached hydrogens (tertiary/aromatic N) is 1. The Morgan fingerprint density at radius 1 is 1.33 bits per heavy atom. The predicted molar refractivity (Wildman–Crippen MR) is 76.8 cm³/mol. The second-order valence-corrected chi connectivity index (χ2v) is 4.92. The molecule has 0 aliphatic carbocycles. The number of anilines is 1. The number of phenolic OH excluding ortho intramolecular Hbond substituents is 1. The third-order valence-electron chi connectivity index (χ3n) is 2.64.